The van der Waals surface area contributed by atoms with Crippen molar-refractivity contribution in [2.75, 3.05) is 19.0 Å². The van der Waals surface area contributed by atoms with E-state index < -0.39 is 0 Å². The largest absolute Gasteiger partial charge is 0.240 e. The minimum atomic E-state index is 0.460. The summed E-state index contributed by atoms with van der Waals surface area (Å²) < 4.78 is 0. The predicted molar refractivity (Wildman–Crippen MR) is 35.9 cm³/mol. The van der Waals surface area contributed by atoms with Gasteiger partial charge in [-0.05, 0) is 5.57 Å². The van der Waals surface area contributed by atoms with Crippen LogP contribution in [0.25, 0.3) is 0 Å². The van der Waals surface area contributed by atoms with Gasteiger partial charge in [-0.2, -0.15) is 0 Å². The van der Waals surface area contributed by atoms with Gasteiger partial charge in [0, 0.05) is 5.33 Å². The summed E-state index contributed by atoms with van der Waals surface area (Å²) in [4.78, 5) is 8.89. The number of halogens is 1. The Bertz CT molecular complexity index is 72.8. The van der Waals surface area contributed by atoms with Gasteiger partial charge in [0.25, 0.3) is 0 Å². The summed E-state index contributed by atoms with van der Waals surface area (Å²) in [7, 11) is 1.47. The number of hydrogen-bond acceptors (Lipinski definition) is 2. The van der Waals surface area contributed by atoms with Gasteiger partial charge in [0.2, 0.25) is 0 Å². The lowest BCUT2D eigenvalue weighted by molar-refractivity contribution is -0.264. The van der Waals surface area contributed by atoms with Crippen LogP contribution in [0.4, 0.5) is 0 Å². The van der Waals surface area contributed by atoms with E-state index in [2.05, 4.69) is 32.3 Å². The second kappa shape index (κ2) is 5.28. The van der Waals surface area contributed by atoms with E-state index in [1.807, 2.05) is 0 Å². The van der Waals surface area contributed by atoms with Gasteiger partial charge in [-0.25, -0.2) is 9.78 Å². The molecule has 0 saturated carbocycles. The fourth-order valence-electron chi connectivity index (χ4n) is 0.181. The molecule has 0 fully saturated rings. The zero-order valence-electron chi connectivity index (χ0n) is 4.82. The van der Waals surface area contributed by atoms with Crippen molar-refractivity contribution < 1.29 is 9.78 Å². The number of hydrogen-bond donors (Lipinski definition) is 0. The molecule has 0 rings (SSSR count). The summed E-state index contributed by atoms with van der Waals surface area (Å²) >= 11 is 3.21. The summed E-state index contributed by atoms with van der Waals surface area (Å²) in [6.07, 6.45) is 0. The SMILES string of the molecule is C=C(CBr)COOC. The van der Waals surface area contributed by atoms with Crippen molar-refractivity contribution in [3.05, 3.63) is 12.2 Å². The van der Waals surface area contributed by atoms with Gasteiger partial charge in [0.1, 0.15) is 6.61 Å². The fraction of sp³-hybridized carbons (Fsp3) is 0.600. The first kappa shape index (κ1) is 8.14. The molecule has 0 spiro atoms. The van der Waals surface area contributed by atoms with Crippen LogP contribution in [0.1, 0.15) is 0 Å². The average molecular weight is 181 g/mol. The third kappa shape index (κ3) is 4.30. The molecule has 0 aromatic heterocycles. The van der Waals surface area contributed by atoms with E-state index in [9.17, 15) is 0 Å². The van der Waals surface area contributed by atoms with E-state index in [1.165, 1.54) is 7.11 Å². The predicted octanol–water partition coefficient (Wildman–Crippen LogP) is 1.52. The molecule has 3 heteroatoms. The Hall–Kier alpha value is 0.140. The molecule has 0 radical (unpaired) electrons. The second-order valence-corrected chi connectivity index (χ2v) is 1.87. The van der Waals surface area contributed by atoms with Crippen molar-refractivity contribution >= 4 is 15.9 Å². The van der Waals surface area contributed by atoms with Crippen LogP contribution < -0.4 is 0 Å². The van der Waals surface area contributed by atoms with Crippen LogP contribution in [0.2, 0.25) is 0 Å². The summed E-state index contributed by atoms with van der Waals surface area (Å²) in [5, 5.41) is 0.760. The van der Waals surface area contributed by atoms with Crippen molar-refractivity contribution in [3.8, 4) is 0 Å². The molecule has 0 aliphatic carbocycles. The van der Waals surface area contributed by atoms with E-state index in [4.69, 9.17) is 0 Å². The maximum Gasteiger partial charge on any atom is 0.104 e. The summed E-state index contributed by atoms with van der Waals surface area (Å²) in [5.41, 5.74) is 0.965. The topological polar surface area (TPSA) is 18.5 Å². The molecule has 2 nitrogen and oxygen atoms in total. The Morgan fingerprint density at radius 3 is 2.75 bits per heavy atom. The van der Waals surface area contributed by atoms with Gasteiger partial charge >= 0.3 is 0 Å². The van der Waals surface area contributed by atoms with Crippen LogP contribution in [0, 0.1) is 0 Å². The molecule has 48 valence electrons. The summed E-state index contributed by atoms with van der Waals surface area (Å²) in [6, 6.07) is 0. The highest BCUT2D eigenvalue weighted by atomic mass is 79.9. The molecule has 0 aliphatic heterocycles. The van der Waals surface area contributed by atoms with Crippen LogP contribution in [0.3, 0.4) is 0 Å². The standard InChI is InChI=1S/C5H9BrO2/c1-5(3-6)4-8-7-2/h1,3-4H2,2H3. The normalized spacial score (nSPS) is 9.25. The van der Waals surface area contributed by atoms with E-state index in [-0.39, 0.29) is 0 Å². The molecule has 0 unspecified atom stereocenters. The molecular weight excluding hydrogens is 172 g/mol. The molecule has 0 aromatic rings. The fourth-order valence-corrected chi connectivity index (χ4v) is 0.343. The van der Waals surface area contributed by atoms with Crippen molar-refractivity contribution in [1.29, 1.82) is 0 Å². The minimum Gasteiger partial charge on any atom is -0.240 e. The van der Waals surface area contributed by atoms with Gasteiger partial charge < -0.3 is 0 Å². The van der Waals surface area contributed by atoms with E-state index >= 15 is 0 Å². The van der Waals surface area contributed by atoms with E-state index in [1.54, 1.807) is 0 Å². The van der Waals surface area contributed by atoms with Crippen LogP contribution in [-0.4, -0.2) is 19.0 Å². The Morgan fingerprint density at radius 1 is 1.75 bits per heavy atom. The van der Waals surface area contributed by atoms with E-state index in [0.29, 0.717) is 6.61 Å². The average Bonchev–Trinajstić information content (AvgIpc) is 1.83. The van der Waals surface area contributed by atoms with Gasteiger partial charge in [-0.3, -0.25) is 0 Å². The van der Waals surface area contributed by atoms with Crippen molar-refractivity contribution in [1.82, 2.24) is 0 Å². The van der Waals surface area contributed by atoms with Gasteiger partial charge in [0.15, 0.2) is 0 Å². The summed E-state index contributed by atoms with van der Waals surface area (Å²) in [6.45, 7) is 4.12. The lowest BCUT2D eigenvalue weighted by Gasteiger charge is -1.97. The smallest absolute Gasteiger partial charge is 0.104 e. The van der Waals surface area contributed by atoms with Crippen molar-refractivity contribution in [2.45, 2.75) is 0 Å². The third-order valence-corrected chi connectivity index (χ3v) is 1.36. The highest BCUT2D eigenvalue weighted by molar-refractivity contribution is 9.09. The molecule has 0 aliphatic rings. The van der Waals surface area contributed by atoms with Gasteiger partial charge in [0.05, 0.1) is 7.11 Å². The highest BCUT2D eigenvalue weighted by Gasteiger charge is 1.88. The Kier molecular flexibility index (Phi) is 5.37. The molecule has 0 atom stereocenters. The molecule has 0 N–H and O–H groups in total. The maximum atomic E-state index is 4.56. The van der Waals surface area contributed by atoms with Gasteiger partial charge in [-0.15, -0.1) is 0 Å². The zero-order chi connectivity index (χ0) is 6.41. The Morgan fingerprint density at radius 2 is 2.38 bits per heavy atom. The molecule has 0 bridgehead atoms. The molecule has 8 heavy (non-hydrogen) atoms. The molecule has 0 amide bonds. The summed E-state index contributed by atoms with van der Waals surface area (Å²) in [5.74, 6) is 0. The Balaban J connectivity index is 2.99. The lowest BCUT2D eigenvalue weighted by Crippen LogP contribution is -1.95. The first-order valence-electron chi connectivity index (χ1n) is 2.19. The second-order valence-electron chi connectivity index (χ2n) is 1.31. The minimum absolute atomic E-state index is 0.460. The maximum absolute atomic E-state index is 4.56. The van der Waals surface area contributed by atoms with Crippen LogP contribution in [0.15, 0.2) is 12.2 Å². The van der Waals surface area contributed by atoms with E-state index in [0.717, 1.165) is 10.9 Å². The van der Waals surface area contributed by atoms with Crippen LogP contribution >= 0.6 is 15.9 Å². The first-order chi connectivity index (χ1) is 3.81. The van der Waals surface area contributed by atoms with Gasteiger partial charge in [-0.1, -0.05) is 22.5 Å². The third-order valence-electron chi connectivity index (χ3n) is 0.570. The highest BCUT2D eigenvalue weighted by Crippen LogP contribution is 1.95. The molecule has 0 aromatic carbocycles. The van der Waals surface area contributed by atoms with Crippen LogP contribution in [0.5, 0.6) is 0 Å². The monoisotopic (exact) mass is 180 g/mol. The van der Waals surface area contributed by atoms with Crippen LogP contribution in [-0.2, 0) is 9.78 Å². The van der Waals surface area contributed by atoms with Crippen molar-refractivity contribution in [3.63, 3.8) is 0 Å². The zero-order valence-corrected chi connectivity index (χ0v) is 6.40. The number of alkyl halides is 1. The number of rotatable bonds is 4. The quantitative estimate of drug-likeness (QED) is 0.283. The Labute approximate surface area is 57.5 Å². The molecular formula is C5H9BrO2. The lowest BCUT2D eigenvalue weighted by atomic mass is 10.4. The van der Waals surface area contributed by atoms with Crippen molar-refractivity contribution in [2.24, 2.45) is 0 Å². The first-order valence-corrected chi connectivity index (χ1v) is 3.31. The molecule has 0 heterocycles. The molecule has 0 saturated heterocycles.